The number of hydrogen-bond donors (Lipinski definition) is 2. The maximum Gasteiger partial charge on any atom is 0.122 e. The standard InChI is InChI=1S/C24H26O3/c1-14-10-16(3)23(25)20(12-14)22(18-6-8-19(27-5)9-7-18)21-13-15(2)11-17(4)24(21)26/h6-13,22,25-26H,1-5H3. The first kappa shape index (κ1) is 18.8. The van der Waals surface area contributed by atoms with Crippen molar-refractivity contribution in [2.45, 2.75) is 33.6 Å². The molecule has 0 aliphatic rings. The summed E-state index contributed by atoms with van der Waals surface area (Å²) in [5.74, 6) is 1.01. The van der Waals surface area contributed by atoms with Crippen LogP contribution in [0.3, 0.4) is 0 Å². The Bertz CT molecular complexity index is 914. The SMILES string of the molecule is COc1ccc(C(c2cc(C)cc(C)c2O)c2cc(C)cc(C)c2O)cc1. The number of benzene rings is 3. The molecule has 0 spiro atoms. The molecule has 0 saturated carbocycles. The number of ether oxygens (including phenoxy) is 1. The van der Waals surface area contributed by atoms with Gasteiger partial charge in [0, 0.05) is 17.0 Å². The van der Waals surface area contributed by atoms with Crippen LogP contribution in [0.5, 0.6) is 17.2 Å². The van der Waals surface area contributed by atoms with Crippen LogP contribution in [0.1, 0.15) is 44.9 Å². The molecule has 0 unspecified atom stereocenters. The maximum atomic E-state index is 10.8. The van der Waals surface area contributed by atoms with E-state index < -0.39 is 0 Å². The van der Waals surface area contributed by atoms with Gasteiger partial charge >= 0.3 is 0 Å². The van der Waals surface area contributed by atoms with Crippen molar-refractivity contribution in [1.29, 1.82) is 0 Å². The van der Waals surface area contributed by atoms with E-state index in [2.05, 4.69) is 0 Å². The zero-order chi connectivity index (χ0) is 19.7. The average molecular weight is 362 g/mol. The molecule has 0 atom stereocenters. The van der Waals surface area contributed by atoms with E-state index in [0.717, 1.165) is 44.7 Å². The van der Waals surface area contributed by atoms with Gasteiger partial charge in [-0.3, -0.25) is 0 Å². The Balaban J connectivity index is 2.31. The molecule has 0 fully saturated rings. The lowest BCUT2D eigenvalue weighted by molar-refractivity contribution is 0.414. The van der Waals surface area contributed by atoms with Gasteiger partial charge in [0.25, 0.3) is 0 Å². The molecule has 0 bridgehead atoms. The topological polar surface area (TPSA) is 49.7 Å². The number of methoxy groups -OCH3 is 1. The third-order valence-corrected chi connectivity index (χ3v) is 5.02. The summed E-state index contributed by atoms with van der Waals surface area (Å²) in [5, 5.41) is 21.7. The minimum Gasteiger partial charge on any atom is -0.507 e. The van der Waals surface area contributed by atoms with Gasteiger partial charge < -0.3 is 14.9 Å². The number of phenols is 2. The predicted molar refractivity (Wildman–Crippen MR) is 109 cm³/mol. The van der Waals surface area contributed by atoms with E-state index in [-0.39, 0.29) is 17.4 Å². The van der Waals surface area contributed by atoms with Gasteiger partial charge in [-0.15, -0.1) is 0 Å². The molecule has 3 rings (SSSR count). The summed E-state index contributed by atoms with van der Waals surface area (Å²) >= 11 is 0. The average Bonchev–Trinajstić information content (AvgIpc) is 2.63. The third-order valence-electron chi connectivity index (χ3n) is 5.02. The van der Waals surface area contributed by atoms with Crippen LogP contribution in [0.25, 0.3) is 0 Å². The smallest absolute Gasteiger partial charge is 0.122 e. The van der Waals surface area contributed by atoms with Crippen LogP contribution in [-0.2, 0) is 0 Å². The molecule has 140 valence electrons. The second-order valence-electron chi connectivity index (χ2n) is 7.25. The van der Waals surface area contributed by atoms with Crippen molar-refractivity contribution in [3.05, 3.63) is 87.5 Å². The zero-order valence-electron chi connectivity index (χ0n) is 16.5. The highest BCUT2D eigenvalue weighted by Crippen LogP contribution is 2.43. The summed E-state index contributed by atoms with van der Waals surface area (Å²) in [6.45, 7) is 7.83. The summed E-state index contributed by atoms with van der Waals surface area (Å²) in [6.07, 6.45) is 0. The summed E-state index contributed by atoms with van der Waals surface area (Å²) in [4.78, 5) is 0. The molecule has 0 aliphatic carbocycles. The van der Waals surface area contributed by atoms with Crippen LogP contribution < -0.4 is 4.74 Å². The van der Waals surface area contributed by atoms with Gasteiger partial charge in [0.05, 0.1) is 7.11 Å². The fourth-order valence-electron chi connectivity index (χ4n) is 3.75. The maximum absolute atomic E-state index is 10.8. The van der Waals surface area contributed by atoms with Crippen molar-refractivity contribution in [1.82, 2.24) is 0 Å². The van der Waals surface area contributed by atoms with Crippen molar-refractivity contribution in [3.8, 4) is 17.2 Å². The first-order valence-corrected chi connectivity index (χ1v) is 9.06. The number of aryl methyl sites for hydroxylation is 4. The lowest BCUT2D eigenvalue weighted by Gasteiger charge is -2.23. The molecule has 0 heterocycles. The highest BCUT2D eigenvalue weighted by Gasteiger charge is 2.25. The van der Waals surface area contributed by atoms with E-state index in [1.807, 2.05) is 76.2 Å². The normalized spacial score (nSPS) is 11.0. The minimum absolute atomic E-state index is 0.264. The van der Waals surface area contributed by atoms with Crippen molar-refractivity contribution in [2.24, 2.45) is 0 Å². The van der Waals surface area contributed by atoms with Crippen LogP contribution in [0.4, 0.5) is 0 Å². The lowest BCUT2D eigenvalue weighted by Crippen LogP contribution is -2.06. The van der Waals surface area contributed by atoms with Gasteiger partial charge in [0.1, 0.15) is 17.2 Å². The van der Waals surface area contributed by atoms with Gasteiger partial charge in [0.15, 0.2) is 0 Å². The molecular formula is C24H26O3. The van der Waals surface area contributed by atoms with E-state index in [0.29, 0.717) is 0 Å². The summed E-state index contributed by atoms with van der Waals surface area (Å²) in [7, 11) is 1.64. The van der Waals surface area contributed by atoms with Crippen LogP contribution in [0.2, 0.25) is 0 Å². The van der Waals surface area contributed by atoms with Crippen LogP contribution >= 0.6 is 0 Å². The molecule has 27 heavy (non-hydrogen) atoms. The molecule has 3 aromatic carbocycles. The zero-order valence-corrected chi connectivity index (χ0v) is 16.5. The molecular weight excluding hydrogens is 336 g/mol. The van der Waals surface area contributed by atoms with Crippen LogP contribution in [-0.4, -0.2) is 17.3 Å². The molecule has 0 aromatic heterocycles. The fourth-order valence-corrected chi connectivity index (χ4v) is 3.75. The number of hydrogen-bond acceptors (Lipinski definition) is 3. The van der Waals surface area contributed by atoms with Crippen molar-refractivity contribution in [3.63, 3.8) is 0 Å². The van der Waals surface area contributed by atoms with E-state index in [4.69, 9.17) is 4.74 Å². The number of aromatic hydroxyl groups is 2. The second kappa shape index (κ2) is 7.36. The van der Waals surface area contributed by atoms with E-state index >= 15 is 0 Å². The number of phenolic OH excluding ortho intramolecular Hbond substituents is 2. The molecule has 0 saturated heterocycles. The second-order valence-corrected chi connectivity index (χ2v) is 7.25. The molecule has 3 heteroatoms. The van der Waals surface area contributed by atoms with Gasteiger partial charge in [0.2, 0.25) is 0 Å². The molecule has 3 nitrogen and oxygen atoms in total. The Morgan fingerprint density at radius 1 is 0.704 bits per heavy atom. The highest BCUT2D eigenvalue weighted by atomic mass is 16.5. The van der Waals surface area contributed by atoms with E-state index in [1.54, 1.807) is 7.11 Å². The Hall–Kier alpha value is -2.94. The Labute approximate surface area is 160 Å². The first-order valence-electron chi connectivity index (χ1n) is 9.06. The first-order chi connectivity index (χ1) is 12.8. The summed E-state index contributed by atoms with van der Waals surface area (Å²) < 4.78 is 5.29. The van der Waals surface area contributed by atoms with Crippen molar-refractivity contribution < 1.29 is 14.9 Å². The Morgan fingerprint density at radius 3 is 1.56 bits per heavy atom. The number of rotatable bonds is 4. The fraction of sp³-hybridized carbons (Fsp3) is 0.250. The highest BCUT2D eigenvalue weighted by molar-refractivity contribution is 5.58. The monoisotopic (exact) mass is 362 g/mol. The van der Waals surface area contributed by atoms with Gasteiger partial charge in [-0.05, 0) is 56.5 Å². The molecule has 2 N–H and O–H groups in total. The van der Waals surface area contributed by atoms with Crippen molar-refractivity contribution >= 4 is 0 Å². The van der Waals surface area contributed by atoms with Crippen molar-refractivity contribution in [2.75, 3.05) is 7.11 Å². The largest absolute Gasteiger partial charge is 0.507 e. The summed E-state index contributed by atoms with van der Waals surface area (Å²) in [6, 6.07) is 15.7. The van der Waals surface area contributed by atoms with E-state index in [9.17, 15) is 10.2 Å². The molecule has 0 aliphatic heterocycles. The molecule has 0 amide bonds. The minimum atomic E-state index is -0.284. The van der Waals surface area contributed by atoms with Gasteiger partial charge in [-0.2, -0.15) is 0 Å². The third kappa shape index (κ3) is 3.63. The predicted octanol–water partition coefficient (Wildman–Crippen LogP) is 5.52. The molecule has 0 radical (unpaired) electrons. The molecule has 3 aromatic rings. The van der Waals surface area contributed by atoms with Crippen LogP contribution in [0, 0.1) is 27.7 Å². The van der Waals surface area contributed by atoms with Gasteiger partial charge in [-0.1, -0.05) is 47.5 Å². The van der Waals surface area contributed by atoms with Gasteiger partial charge in [-0.25, -0.2) is 0 Å². The lowest BCUT2D eigenvalue weighted by atomic mass is 9.81. The Kier molecular flexibility index (Phi) is 5.13. The quantitative estimate of drug-likeness (QED) is 0.601. The van der Waals surface area contributed by atoms with E-state index in [1.165, 1.54) is 0 Å². The van der Waals surface area contributed by atoms with Crippen LogP contribution in [0.15, 0.2) is 48.5 Å². The Morgan fingerprint density at radius 2 is 1.15 bits per heavy atom. The summed E-state index contributed by atoms with van der Waals surface area (Å²) in [5.41, 5.74) is 6.36.